The standard InChI is InChI=1S/C20H19FN4O2/c1-2-24-9-10-25-17-8-5-14(11-16(17)23-18(25)20(24)27)19(26)22-12-13-3-6-15(21)7-4-13/h3-8,11H,2,9-10,12H2,1H3,(H,22,26). The van der Waals surface area contributed by atoms with E-state index in [1.165, 1.54) is 12.1 Å². The van der Waals surface area contributed by atoms with Crippen molar-refractivity contribution in [1.29, 1.82) is 0 Å². The highest BCUT2D eigenvalue weighted by Gasteiger charge is 2.27. The topological polar surface area (TPSA) is 67.2 Å². The molecule has 1 aliphatic rings. The molecule has 138 valence electrons. The number of fused-ring (bicyclic) bond motifs is 3. The van der Waals surface area contributed by atoms with E-state index in [4.69, 9.17) is 0 Å². The maximum absolute atomic E-state index is 12.9. The third-order valence-corrected chi connectivity index (χ3v) is 4.83. The molecule has 0 unspecified atom stereocenters. The molecular weight excluding hydrogens is 347 g/mol. The number of hydrogen-bond acceptors (Lipinski definition) is 3. The monoisotopic (exact) mass is 366 g/mol. The van der Waals surface area contributed by atoms with Crippen molar-refractivity contribution in [3.05, 3.63) is 65.2 Å². The van der Waals surface area contributed by atoms with Crippen molar-refractivity contribution in [2.75, 3.05) is 13.1 Å². The molecule has 7 heteroatoms. The van der Waals surface area contributed by atoms with E-state index in [1.54, 1.807) is 29.2 Å². The third-order valence-electron chi connectivity index (χ3n) is 4.83. The summed E-state index contributed by atoms with van der Waals surface area (Å²) < 4.78 is 14.9. The van der Waals surface area contributed by atoms with Gasteiger partial charge in [-0.15, -0.1) is 0 Å². The molecule has 2 amide bonds. The van der Waals surface area contributed by atoms with E-state index in [-0.39, 0.29) is 17.6 Å². The number of halogens is 1. The van der Waals surface area contributed by atoms with Crippen LogP contribution in [-0.2, 0) is 13.1 Å². The summed E-state index contributed by atoms with van der Waals surface area (Å²) in [5.74, 6) is -0.214. The predicted octanol–water partition coefficient (Wildman–Crippen LogP) is 2.58. The fraction of sp³-hybridized carbons (Fsp3) is 0.250. The molecule has 0 aliphatic carbocycles. The molecule has 1 aliphatic heterocycles. The lowest BCUT2D eigenvalue weighted by atomic mass is 10.1. The first-order valence-electron chi connectivity index (χ1n) is 8.89. The van der Waals surface area contributed by atoms with Gasteiger partial charge >= 0.3 is 0 Å². The average molecular weight is 366 g/mol. The smallest absolute Gasteiger partial charge is 0.289 e. The van der Waals surface area contributed by atoms with E-state index in [2.05, 4.69) is 10.3 Å². The quantitative estimate of drug-likeness (QED) is 0.772. The van der Waals surface area contributed by atoms with Crippen LogP contribution in [0.5, 0.6) is 0 Å². The van der Waals surface area contributed by atoms with Gasteiger partial charge < -0.3 is 14.8 Å². The molecule has 0 spiro atoms. The van der Waals surface area contributed by atoms with E-state index in [0.717, 1.165) is 11.1 Å². The number of amides is 2. The van der Waals surface area contributed by atoms with Gasteiger partial charge in [-0.2, -0.15) is 0 Å². The molecule has 0 saturated heterocycles. The van der Waals surface area contributed by atoms with Crippen LogP contribution in [0.15, 0.2) is 42.5 Å². The summed E-state index contributed by atoms with van der Waals surface area (Å²) in [5.41, 5.74) is 2.77. The minimum atomic E-state index is -0.310. The van der Waals surface area contributed by atoms with E-state index < -0.39 is 0 Å². The van der Waals surface area contributed by atoms with Crippen molar-refractivity contribution >= 4 is 22.8 Å². The summed E-state index contributed by atoms with van der Waals surface area (Å²) in [4.78, 5) is 31.1. The van der Waals surface area contributed by atoms with Gasteiger partial charge in [0.05, 0.1) is 11.0 Å². The van der Waals surface area contributed by atoms with Gasteiger partial charge in [-0.25, -0.2) is 9.37 Å². The molecule has 0 radical (unpaired) electrons. The molecule has 0 bridgehead atoms. The first-order valence-corrected chi connectivity index (χ1v) is 8.89. The van der Waals surface area contributed by atoms with Gasteiger partial charge in [-0.1, -0.05) is 12.1 Å². The fourth-order valence-electron chi connectivity index (χ4n) is 3.31. The van der Waals surface area contributed by atoms with Crippen LogP contribution in [0.4, 0.5) is 4.39 Å². The van der Waals surface area contributed by atoms with Gasteiger partial charge in [0.15, 0.2) is 5.82 Å². The Morgan fingerprint density at radius 3 is 2.70 bits per heavy atom. The lowest BCUT2D eigenvalue weighted by Crippen LogP contribution is -2.40. The van der Waals surface area contributed by atoms with Crippen LogP contribution >= 0.6 is 0 Å². The first kappa shape index (κ1) is 17.2. The largest absolute Gasteiger partial charge is 0.348 e. The Morgan fingerprint density at radius 2 is 1.96 bits per heavy atom. The highest BCUT2D eigenvalue weighted by molar-refractivity contribution is 5.99. The van der Waals surface area contributed by atoms with Crippen molar-refractivity contribution in [3.8, 4) is 0 Å². The van der Waals surface area contributed by atoms with Crippen molar-refractivity contribution in [2.45, 2.75) is 20.0 Å². The Morgan fingerprint density at radius 1 is 1.19 bits per heavy atom. The molecule has 0 fully saturated rings. The highest BCUT2D eigenvalue weighted by Crippen LogP contribution is 2.22. The van der Waals surface area contributed by atoms with Crippen LogP contribution in [0.25, 0.3) is 11.0 Å². The Labute approximate surface area is 155 Å². The molecule has 2 heterocycles. The summed E-state index contributed by atoms with van der Waals surface area (Å²) in [7, 11) is 0. The molecule has 1 aromatic heterocycles. The van der Waals surface area contributed by atoms with Gasteiger partial charge in [0.1, 0.15) is 5.82 Å². The number of benzene rings is 2. The van der Waals surface area contributed by atoms with Gasteiger partial charge in [-0.05, 0) is 42.8 Å². The van der Waals surface area contributed by atoms with E-state index >= 15 is 0 Å². The summed E-state index contributed by atoms with van der Waals surface area (Å²) >= 11 is 0. The molecule has 27 heavy (non-hydrogen) atoms. The number of likely N-dealkylation sites (N-methyl/N-ethyl adjacent to an activating group) is 1. The number of aromatic nitrogens is 2. The summed E-state index contributed by atoms with van der Waals surface area (Å²) in [6, 6.07) is 11.2. The SMILES string of the molecule is CCN1CCn2c(nc3cc(C(=O)NCc4ccc(F)cc4)ccc32)C1=O. The summed E-state index contributed by atoms with van der Waals surface area (Å²) in [6.45, 7) is 4.26. The van der Waals surface area contributed by atoms with E-state index in [1.807, 2.05) is 17.6 Å². The van der Waals surface area contributed by atoms with Crippen LogP contribution in [0.1, 0.15) is 33.5 Å². The Balaban J connectivity index is 1.55. The minimum absolute atomic E-state index is 0.0812. The maximum atomic E-state index is 12.9. The van der Waals surface area contributed by atoms with Crippen molar-refractivity contribution < 1.29 is 14.0 Å². The van der Waals surface area contributed by atoms with Crippen LogP contribution in [0.3, 0.4) is 0 Å². The van der Waals surface area contributed by atoms with Gasteiger partial charge in [0, 0.05) is 31.7 Å². The molecular formula is C20H19FN4O2. The Hall–Kier alpha value is -3.22. The highest BCUT2D eigenvalue weighted by atomic mass is 19.1. The molecule has 6 nitrogen and oxygen atoms in total. The lowest BCUT2D eigenvalue weighted by Gasteiger charge is -2.26. The number of carbonyl (C=O) groups is 2. The molecule has 1 N–H and O–H groups in total. The maximum Gasteiger partial charge on any atom is 0.289 e. The second-order valence-corrected chi connectivity index (χ2v) is 6.48. The summed E-state index contributed by atoms with van der Waals surface area (Å²) in [6.07, 6.45) is 0. The number of carbonyl (C=O) groups excluding carboxylic acids is 2. The number of hydrogen-bond donors (Lipinski definition) is 1. The minimum Gasteiger partial charge on any atom is -0.348 e. The number of imidazole rings is 1. The zero-order valence-corrected chi connectivity index (χ0v) is 14.9. The fourth-order valence-corrected chi connectivity index (χ4v) is 3.31. The van der Waals surface area contributed by atoms with E-state index in [9.17, 15) is 14.0 Å². The second kappa shape index (κ2) is 6.83. The molecule has 4 rings (SSSR count). The van der Waals surface area contributed by atoms with Crippen molar-refractivity contribution in [3.63, 3.8) is 0 Å². The number of nitrogens with one attached hydrogen (secondary N) is 1. The van der Waals surface area contributed by atoms with Gasteiger partial charge in [0.25, 0.3) is 11.8 Å². The van der Waals surface area contributed by atoms with E-state index in [0.29, 0.717) is 43.1 Å². The Kier molecular flexibility index (Phi) is 4.35. The Bertz CT molecular complexity index is 1030. The van der Waals surface area contributed by atoms with Crippen LogP contribution in [-0.4, -0.2) is 39.4 Å². The third kappa shape index (κ3) is 3.16. The van der Waals surface area contributed by atoms with Gasteiger partial charge in [0.2, 0.25) is 0 Å². The normalized spacial score (nSPS) is 13.7. The van der Waals surface area contributed by atoms with Crippen molar-refractivity contribution in [1.82, 2.24) is 19.8 Å². The molecule has 2 aromatic carbocycles. The zero-order valence-electron chi connectivity index (χ0n) is 14.9. The van der Waals surface area contributed by atoms with Crippen LogP contribution < -0.4 is 5.32 Å². The lowest BCUT2D eigenvalue weighted by molar-refractivity contribution is 0.0709. The van der Waals surface area contributed by atoms with Crippen LogP contribution in [0, 0.1) is 5.82 Å². The van der Waals surface area contributed by atoms with Crippen molar-refractivity contribution in [2.24, 2.45) is 0 Å². The zero-order chi connectivity index (χ0) is 19.0. The average Bonchev–Trinajstić information content (AvgIpc) is 3.06. The number of nitrogens with zero attached hydrogens (tertiary/aromatic N) is 3. The molecule has 0 saturated carbocycles. The van der Waals surface area contributed by atoms with Gasteiger partial charge in [-0.3, -0.25) is 9.59 Å². The molecule has 0 atom stereocenters. The van der Waals surface area contributed by atoms with Crippen LogP contribution in [0.2, 0.25) is 0 Å². The molecule has 3 aromatic rings. The number of rotatable bonds is 4. The predicted molar refractivity (Wildman–Crippen MR) is 98.9 cm³/mol. The first-order chi connectivity index (χ1) is 13.1. The summed E-state index contributed by atoms with van der Waals surface area (Å²) in [5, 5.41) is 2.81. The second-order valence-electron chi connectivity index (χ2n) is 6.48.